The van der Waals surface area contributed by atoms with Gasteiger partial charge in [-0.2, -0.15) is 0 Å². The zero-order valence-electron chi connectivity index (χ0n) is 11.5. The lowest BCUT2D eigenvalue weighted by atomic mass is 9.83. The Labute approximate surface area is 106 Å². The number of likely N-dealkylation sites (N-methyl/N-ethyl adjacent to an activating group) is 1. The van der Waals surface area contributed by atoms with Gasteiger partial charge in [0.1, 0.15) is 0 Å². The van der Waals surface area contributed by atoms with E-state index >= 15 is 0 Å². The van der Waals surface area contributed by atoms with E-state index in [1.165, 1.54) is 38.6 Å². The molecular weight excluding hydrogens is 212 g/mol. The first kappa shape index (κ1) is 13.3. The molecule has 0 aromatic heterocycles. The van der Waals surface area contributed by atoms with Crippen LogP contribution in [0.4, 0.5) is 0 Å². The predicted octanol–water partition coefficient (Wildman–Crippen LogP) is 1.88. The van der Waals surface area contributed by atoms with Gasteiger partial charge >= 0.3 is 0 Å². The highest BCUT2D eigenvalue weighted by atomic mass is 16.5. The summed E-state index contributed by atoms with van der Waals surface area (Å²) >= 11 is 0. The molecule has 0 radical (unpaired) electrons. The number of hydrogen-bond donors (Lipinski definition) is 1. The maximum atomic E-state index is 5.51. The molecule has 3 nitrogen and oxygen atoms in total. The lowest BCUT2D eigenvalue weighted by molar-refractivity contribution is -0.00804. The van der Waals surface area contributed by atoms with Gasteiger partial charge in [-0.3, -0.25) is 4.90 Å². The fourth-order valence-electron chi connectivity index (χ4n) is 3.30. The number of nitrogens with zero attached hydrogens (tertiary/aromatic N) is 1. The molecule has 2 rings (SSSR count). The lowest BCUT2D eigenvalue weighted by Gasteiger charge is -2.39. The fraction of sp³-hybridized carbons (Fsp3) is 1.00. The van der Waals surface area contributed by atoms with Crippen LogP contribution in [-0.2, 0) is 4.74 Å². The molecule has 0 bridgehead atoms. The molecule has 3 heteroatoms. The molecule has 2 atom stereocenters. The quantitative estimate of drug-likeness (QED) is 0.812. The minimum absolute atomic E-state index is 0.586. The standard InChI is InChI=1S/C14H28N2O/c1-12-11-17-9-8-16(12)10-14(15-2)13-6-4-3-5-7-13/h12-15H,3-11H2,1-2H3. The van der Waals surface area contributed by atoms with E-state index in [-0.39, 0.29) is 0 Å². The first-order valence-electron chi connectivity index (χ1n) is 7.30. The van der Waals surface area contributed by atoms with E-state index in [0.717, 1.165) is 25.7 Å². The minimum atomic E-state index is 0.586. The van der Waals surface area contributed by atoms with Crippen LogP contribution in [0.2, 0.25) is 0 Å². The van der Waals surface area contributed by atoms with Gasteiger partial charge < -0.3 is 10.1 Å². The van der Waals surface area contributed by atoms with Crippen LogP contribution in [0.5, 0.6) is 0 Å². The first-order valence-corrected chi connectivity index (χ1v) is 7.30. The van der Waals surface area contributed by atoms with Crippen LogP contribution in [0.15, 0.2) is 0 Å². The molecule has 0 amide bonds. The molecular formula is C14H28N2O. The van der Waals surface area contributed by atoms with Crippen molar-refractivity contribution in [3.63, 3.8) is 0 Å². The first-order chi connectivity index (χ1) is 8.31. The molecule has 1 heterocycles. The Bertz CT molecular complexity index is 216. The Kier molecular flexibility index (Phi) is 5.26. The Morgan fingerprint density at radius 1 is 1.29 bits per heavy atom. The summed E-state index contributed by atoms with van der Waals surface area (Å²) in [5.41, 5.74) is 0. The molecule has 0 aromatic rings. The van der Waals surface area contributed by atoms with E-state index in [2.05, 4.69) is 24.2 Å². The third kappa shape index (κ3) is 3.67. The van der Waals surface area contributed by atoms with E-state index in [0.29, 0.717) is 12.1 Å². The SMILES string of the molecule is CNC(CN1CCOCC1C)C1CCCCC1. The lowest BCUT2D eigenvalue weighted by Crippen LogP contribution is -2.51. The molecule has 2 unspecified atom stereocenters. The minimum Gasteiger partial charge on any atom is -0.379 e. The van der Waals surface area contributed by atoms with Crippen LogP contribution < -0.4 is 5.32 Å². The van der Waals surface area contributed by atoms with Gasteiger partial charge in [-0.05, 0) is 32.7 Å². The van der Waals surface area contributed by atoms with Crippen molar-refractivity contribution in [2.45, 2.75) is 51.1 Å². The maximum Gasteiger partial charge on any atom is 0.0619 e. The highest BCUT2D eigenvalue weighted by Gasteiger charge is 2.27. The van der Waals surface area contributed by atoms with Crippen molar-refractivity contribution >= 4 is 0 Å². The predicted molar refractivity (Wildman–Crippen MR) is 71.3 cm³/mol. The molecule has 0 aromatic carbocycles. The molecule has 1 aliphatic carbocycles. The monoisotopic (exact) mass is 240 g/mol. The molecule has 17 heavy (non-hydrogen) atoms. The van der Waals surface area contributed by atoms with Gasteiger partial charge in [0.15, 0.2) is 0 Å². The molecule has 1 aliphatic heterocycles. The van der Waals surface area contributed by atoms with Crippen LogP contribution in [-0.4, -0.2) is 50.3 Å². The number of ether oxygens (including phenoxy) is 1. The van der Waals surface area contributed by atoms with E-state index in [1.54, 1.807) is 0 Å². The Balaban J connectivity index is 1.84. The highest BCUT2D eigenvalue weighted by Crippen LogP contribution is 2.27. The van der Waals surface area contributed by atoms with E-state index in [9.17, 15) is 0 Å². The average molecular weight is 240 g/mol. The number of hydrogen-bond acceptors (Lipinski definition) is 3. The van der Waals surface area contributed by atoms with Crippen molar-refractivity contribution < 1.29 is 4.74 Å². The topological polar surface area (TPSA) is 24.5 Å². The van der Waals surface area contributed by atoms with Crippen molar-refractivity contribution in [3.8, 4) is 0 Å². The zero-order valence-corrected chi connectivity index (χ0v) is 11.5. The third-order valence-corrected chi connectivity index (χ3v) is 4.53. The summed E-state index contributed by atoms with van der Waals surface area (Å²) in [5.74, 6) is 0.892. The van der Waals surface area contributed by atoms with Gasteiger partial charge in [0, 0.05) is 25.2 Å². The van der Waals surface area contributed by atoms with Crippen LogP contribution in [0.25, 0.3) is 0 Å². The maximum absolute atomic E-state index is 5.51. The summed E-state index contributed by atoms with van der Waals surface area (Å²) in [6, 6.07) is 1.26. The van der Waals surface area contributed by atoms with Gasteiger partial charge in [0.25, 0.3) is 0 Å². The highest BCUT2D eigenvalue weighted by molar-refractivity contribution is 4.83. The molecule has 2 aliphatic rings. The van der Waals surface area contributed by atoms with E-state index < -0.39 is 0 Å². The Morgan fingerprint density at radius 2 is 2.06 bits per heavy atom. The van der Waals surface area contributed by atoms with Crippen LogP contribution >= 0.6 is 0 Å². The summed E-state index contributed by atoms with van der Waals surface area (Å²) in [4.78, 5) is 2.60. The second kappa shape index (κ2) is 6.72. The van der Waals surface area contributed by atoms with Crippen LogP contribution in [0, 0.1) is 5.92 Å². The van der Waals surface area contributed by atoms with Gasteiger partial charge in [-0.1, -0.05) is 19.3 Å². The molecule has 0 spiro atoms. The summed E-state index contributed by atoms with van der Waals surface area (Å²) in [5, 5.41) is 3.56. The second-order valence-corrected chi connectivity index (χ2v) is 5.71. The molecule has 1 saturated carbocycles. The number of nitrogens with one attached hydrogen (secondary N) is 1. The largest absolute Gasteiger partial charge is 0.379 e. The number of rotatable bonds is 4. The molecule has 1 saturated heterocycles. The average Bonchev–Trinajstić information content (AvgIpc) is 2.39. The number of morpholine rings is 1. The Hall–Kier alpha value is -0.120. The Morgan fingerprint density at radius 3 is 2.71 bits per heavy atom. The fourth-order valence-corrected chi connectivity index (χ4v) is 3.30. The smallest absolute Gasteiger partial charge is 0.0619 e. The van der Waals surface area contributed by atoms with Crippen LogP contribution in [0.3, 0.4) is 0 Å². The summed E-state index contributed by atoms with van der Waals surface area (Å²) in [7, 11) is 2.13. The van der Waals surface area contributed by atoms with Crippen LogP contribution in [0.1, 0.15) is 39.0 Å². The summed E-state index contributed by atoms with van der Waals surface area (Å²) < 4.78 is 5.51. The van der Waals surface area contributed by atoms with E-state index in [1.807, 2.05) is 0 Å². The summed E-state index contributed by atoms with van der Waals surface area (Å²) in [6.45, 7) is 6.40. The zero-order chi connectivity index (χ0) is 12.1. The third-order valence-electron chi connectivity index (χ3n) is 4.53. The molecule has 100 valence electrons. The van der Waals surface area contributed by atoms with Gasteiger partial charge in [-0.15, -0.1) is 0 Å². The van der Waals surface area contributed by atoms with E-state index in [4.69, 9.17) is 4.74 Å². The molecule has 1 N–H and O–H groups in total. The summed E-state index contributed by atoms with van der Waals surface area (Å²) in [6.07, 6.45) is 7.15. The van der Waals surface area contributed by atoms with Gasteiger partial charge in [0.05, 0.1) is 13.2 Å². The van der Waals surface area contributed by atoms with Gasteiger partial charge in [0.2, 0.25) is 0 Å². The van der Waals surface area contributed by atoms with Crippen molar-refractivity contribution in [1.82, 2.24) is 10.2 Å². The molecule has 2 fully saturated rings. The normalized spacial score (nSPS) is 30.4. The van der Waals surface area contributed by atoms with Gasteiger partial charge in [-0.25, -0.2) is 0 Å². The van der Waals surface area contributed by atoms with Crippen molar-refractivity contribution in [1.29, 1.82) is 0 Å². The second-order valence-electron chi connectivity index (χ2n) is 5.71. The van der Waals surface area contributed by atoms with Crippen molar-refractivity contribution in [2.24, 2.45) is 5.92 Å². The van der Waals surface area contributed by atoms with Crippen molar-refractivity contribution in [3.05, 3.63) is 0 Å². The van der Waals surface area contributed by atoms with Crippen molar-refractivity contribution in [2.75, 3.05) is 33.4 Å².